The summed E-state index contributed by atoms with van der Waals surface area (Å²) in [7, 11) is -1.65. The van der Waals surface area contributed by atoms with E-state index in [9.17, 15) is 0 Å². The molecule has 0 heterocycles. The summed E-state index contributed by atoms with van der Waals surface area (Å²) in [5, 5.41) is 1.51. The summed E-state index contributed by atoms with van der Waals surface area (Å²) in [5.74, 6) is 0. The monoisotopic (exact) mass is 435 g/mol. The molecule has 0 amide bonds. The number of hydrogen-bond donors (Lipinski definition) is 0. The Morgan fingerprint density at radius 1 is 1.21 bits per heavy atom. The number of thioether (sulfide) groups is 1. The molecule has 0 spiro atoms. The molecule has 0 saturated carbocycles. The van der Waals surface area contributed by atoms with Crippen molar-refractivity contribution in [3.05, 3.63) is 46.7 Å². The van der Waals surface area contributed by atoms with Crippen LogP contribution in [0.1, 0.15) is 40.5 Å². The van der Waals surface area contributed by atoms with Crippen molar-refractivity contribution in [2.75, 3.05) is 6.26 Å². The zero-order valence-electron chi connectivity index (χ0n) is 15.9. The SMILES string of the molecule is CSC1([Si](C)(C)C2=[C-]CC=C2)CC=C(C)C=C1C(C)(C)C.[Cl-].[Cl-].[Ti+3]. The Kier molecular flexibility index (Phi) is 10.9. The van der Waals surface area contributed by atoms with Crippen LogP contribution in [-0.4, -0.2) is 18.7 Å². The standard InChI is InChI=1S/C19H29SSi.2ClH.Ti/c1-15-12-13-19(20-5,17(14-15)18(2,3)4)21(6,7)16-10-8-9-11-16;;;/h8,10,12,14H,9,13H2,1-7H3;2*1H;/q-1;;;+3/p-2. The summed E-state index contributed by atoms with van der Waals surface area (Å²) in [6, 6.07) is 0. The van der Waals surface area contributed by atoms with Crippen molar-refractivity contribution in [3.8, 4) is 0 Å². The Hall–Kier alpha value is 0.821. The van der Waals surface area contributed by atoms with Crippen LogP contribution in [0.5, 0.6) is 0 Å². The quantitative estimate of drug-likeness (QED) is 0.440. The molecule has 2 aliphatic carbocycles. The zero-order chi connectivity index (χ0) is 15.9. The molecule has 1 unspecified atom stereocenters. The maximum Gasteiger partial charge on any atom is 3.00 e. The van der Waals surface area contributed by atoms with Gasteiger partial charge in [-0.3, -0.25) is 6.08 Å². The second-order valence-corrected chi connectivity index (χ2v) is 13.9. The molecule has 0 aromatic carbocycles. The minimum absolute atomic E-state index is 0. The second-order valence-electron chi connectivity index (χ2n) is 7.81. The normalized spacial score (nSPS) is 23.2. The van der Waals surface area contributed by atoms with Gasteiger partial charge in [0.2, 0.25) is 0 Å². The van der Waals surface area contributed by atoms with Gasteiger partial charge in [0, 0.05) is 4.37 Å². The first kappa shape index (κ1) is 27.0. The first-order valence-corrected chi connectivity index (χ1v) is 12.1. The van der Waals surface area contributed by atoms with E-state index >= 15 is 0 Å². The average Bonchev–Trinajstić information content (AvgIpc) is 2.92. The van der Waals surface area contributed by atoms with Crippen molar-refractivity contribution in [2.24, 2.45) is 5.41 Å². The number of allylic oxidation sites excluding steroid dienone is 7. The molecule has 0 saturated heterocycles. The fraction of sp³-hybridized carbons (Fsp3) is 0.579. The van der Waals surface area contributed by atoms with E-state index in [1.165, 1.54) is 17.2 Å². The third-order valence-electron chi connectivity index (χ3n) is 5.05. The molecule has 0 aromatic rings. The molecule has 2 rings (SSSR count). The average molecular weight is 436 g/mol. The van der Waals surface area contributed by atoms with Crippen molar-refractivity contribution in [3.63, 3.8) is 0 Å². The van der Waals surface area contributed by atoms with Gasteiger partial charge < -0.3 is 24.8 Å². The van der Waals surface area contributed by atoms with E-state index in [-0.39, 0.29) is 56.3 Å². The minimum atomic E-state index is -1.65. The van der Waals surface area contributed by atoms with Gasteiger partial charge in [-0.15, -0.1) is 6.42 Å². The summed E-state index contributed by atoms with van der Waals surface area (Å²) in [6.07, 6.45) is 17.6. The van der Waals surface area contributed by atoms with Gasteiger partial charge in [-0.05, 0) is 25.0 Å². The third kappa shape index (κ3) is 4.75. The molecule has 24 heavy (non-hydrogen) atoms. The van der Waals surface area contributed by atoms with Crippen LogP contribution >= 0.6 is 11.8 Å². The largest absolute Gasteiger partial charge is 3.00 e. The molecule has 133 valence electrons. The van der Waals surface area contributed by atoms with Crippen LogP contribution in [0, 0.1) is 11.5 Å². The second kappa shape index (κ2) is 9.67. The van der Waals surface area contributed by atoms with E-state index in [1.807, 2.05) is 0 Å². The van der Waals surface area contributed by atoms with Crippen LogP contribution < -0.4 is 24.8 Å². The van der Waals surface area contributed by atoms with Crippen molar-refractivity contribution in [1.29, 1.82) is 0 Å². The van der Waals surface area contributed by atoms with Gasteiger partial charge in [-0.25, -0.2) is 11.3 Å². The molecular weight excluding hydrogens is 407 g/mol. The van der Waals surface area contributed by atoms with Gasteiger partial charge in [-0.1, -0.05) is 57.2 Å². The van der Waals surface area contributed by atoms with Crippen LogP contribution in [0.2, 0.25) is 13.1 Å². The van der Waals surface area contributed by atoms with Gasteiger partial charge in [-0.2, -0.15) is 17.8 Å². The van der Waals surface area contributed by atoms with E-state index in [2.05, 4.69) is 89.2 Å². The maximum atomic E-state index is 3.64. The van der Waals surface area contributed by atoms with Crippen molar-refractivity contribution >= 4 is 19.8 Å². The predicted molar refractivity (Wildman–Crippen MR) is 100 cm³/mol. The van der Waals surface area contributed by atoms with Crippen LogP contribution in [0.15, 0.2) is 40.6 Å². The van der Waals surface area contributed by atoms with E-state index < -0.39 is 8.07 Å². The molecular formula is C19H29Cl2SSiTi. The Labute approximate surface area is 181 Å². The van der Waals surface area contributed by atoms with Crippen molar-refractivity contribution < 1.29 is 46.5 Å². The van der Waals surface area contributed by atoms with Crippen LogP contribution in [0.4, 0.5) is 0 Å². The summed E-state index contributed by atoms with van der Waals surface area (Å²) in [4.78, 5) is 0. The van der Waals surface area contributed by atoms with E-state index in [1.54, 1.807) is 5.57 Å². The zero-order valence-corrected chi connectivity index (χ0v) is 20.8. The van der Waals surface area contributed by atoms with Gasteiger partial charge in [0.25, 0.3) is 0 Å². The van der Waals surface area contributed by atoms with E-state index in [0.29, 0.717) is 0 Å². The molecule has 0 aromatic heterocycles. The smallest absolute Gasteiger partial charge is 1.00 e. The summed E-state index contributed by atoms with van der Waals surface area (Å²) >= 11 is 2.08. The van der Waals surface area contributed by atoms with E-state index in [4.69, 9.17) is 0 Å². The Bertz CT molecular complexity index is 556. The number of halogens is 2. The fourth-order valence-corrected chi connectivity index (χ4v) is 10.2. The Morgan fingerprint density at radius 3 is 2.21 bits per heavy atom. The van der Waals surface area contributed by atoms with Crippen LogP contribution in [-0.2, 0) is 21.7 Å². The maximum absolute atomic E-state index is 3.64. The number of hydrogen-bond acceptors (Lipinski definition) is 1. The van der Waals surface area contributed by atoms with Gasteiger partial charge >= 0.3 is 21.7 Å². The topological polar surface area (TPSA) is 0 Å². The summed E-state index contributed by atoms with van der Waals surface area (Å²) < 4.78 is 0.252. The van der Waals surface area contributed by atoms with Crippen LogP contribution in [0.3, 0.4) is 0 Å². The van der Waals surface area contributed by atoms with Crippen LogP contribution in [0.25, 0.3) is 0 Å². The van der Waals surface area contributed by atoms with Gasteiger partial charge in [0.05, 0.1) is 8.07 Å². The van der Waals surface area contributed by atoms with Crippen molar-refractivity contribution in [2.45, 2.75) is 58.0 Å². The van der Waals surface area contributed by atoms with Gasteiger partial charge in [0.1, 0.15) is 0 Å². The molecule has 0 aliphatic heterocycles. The molecule has 1 radical (unpaired) electrons. The molecule has 1 atom stereocenters. The molecule has 0 bridgehead atoms. The molecule has 0 N–H and O–H groups in total. The first-order valence-electron chi connectivity index (χ1n) is 7.87. The molecule has 0 fully saturated rings. The summed E-state index contributed by atoms with van der Waals surface area (Å²) in [6.45, 7) is 14.4. The first-order chi connectivity index (χ1) is 9.65. The summed E-state index contributed by atoms with van der Waals surface area (Å²) in [5.41, 5.74) is 3.27. The minimum Gasteiger partial charge on any atom is -1.00 e. The van der Waals surface area contributed by atoms with E-state index in [0.717, 1.165) is 6.42 Å². The molecule has 2 aliphatic rings. The number of rotatable bonds is 3. The van der Waals surface area contributed by atoms with Crippen molar-refractivity contribution in [1.82, 2.24) is 0 Å². The third-order valence-corrected chi connectivity index (χ3v) is 12.5. The predicted octanol–water partition coefficient (Wildman–Crippen LogP) is -0.108. The Morgan fingerprint density at radius 2 is 1.79 bits per heavy atom. The molecule has 0 nitrogen and oxygen atoms in total. The fourth-order valence-electron chi connectivity index (χ4n) is 3.73. The molecule has 5 heteroatoms. The van der Waals surface area contributed by atoms with Gasteiger partial charge in [0.15, 0.2) is 0 Å². The Balaban J connectivity index is 0.